The molecule has 0 fully saturated rings. The number of benzene rings is 1. The van der Waals surface area contributed by atoms with Crippen molar-refractivity contribution < 1.29 is 4.79 Å². The molecular formula is C17H18N4O. The van der Waals surface area contributed by atoms with Gasteiger partial charge in [0.15, 0.2) is 0 Å². The zero-order valence-corrected chi connectivity index (χ0v) is 12.1. The van der Waals surface area contributed by atoms with Crippen LogP contribution in [-0.2, 0) is 0 Å². The molecule has 0 spiro atoms. The zero-order chi connectivity index (χ0) is 15.5. The number of aromatic nitrogens is 1. The van der Waals surface area contributed by atoms with Gasteiger partial charge in [0, 0.05) is 29.6 Å². The van der Waals surface area contributed by atoms with Crippen LogP contribution in [0.3, 0.4) is 0 Å². The molecular weight excluding hydrogens is 276 g/mol. The van der Waals surface area contributed by atoms with Gasteiger partial charge in [0.25, 0.3) is 5.91 Å². The second-order valence-corrected chi connectivity index (χ2v) is 5.37. The molecule has 22 heavy (non-hydrogen) atoms. The minimum Gasteiger partial charge on any atom is -0.387 e. The largest absolute Gasteiger partial charge is 0.387 e. The van der Waals surface area contributed by atoms with E-state index in [0.717, 1.165) is 16.5 Å². The Kier molecular flexibility index (Phi) is 3.78. The molecule has 1 aromatic carbocycles. The summed E-state index contributed by atoms with van der Waals surface area (Å²) in [6, 6.07) is 7.73. The van der Waals surface area contributed by atoms with Gasteiger partial charge in [-0.25, -0.2) is 0 Å². The number of amides is 1. The van der Waals surface area contributed by atoms with Gasteiger partial charge in [-0.3, -0.25) is 10.2 Å². The predicted molar refractivity (Wildman–Crippen MR) is 87.9 cm³/mol. The number of fused-ring (bicyclic) bond motifs is 1. The summed E-state index contributed by atoms with van der Waals surface area (Å²) in [6.07, 6.45) is 8.29. The Balaban J connectivity index is 1.64. The SMILES string of the molecule is N=C(N)C1C=CC(CNC(=O)c2c[nH]c3ccccc23)=CC1. The summed E-state index contributed by atoms with van der Waals surface area (Å²) in [6.45, 7) is 0.472. The maximum Gasteiger partial charge on any atom is 0.253 e. The van der Waals surface area contributed by atoms with E-state index in [1.165, 1.54) is 0 Å². The Hall–Kier alpha value is -2.82. The van der Waals surface area contributed by atoms with Gasteiger partial charge in [-0.1, -0.05) is 36.4 Å². The molecule has 1 atom stereocenters. The monoisotopic (exact) mass is 294 g/mol. The van der Waals surface area contributed by atoms with E-state index < -0.39 is 0 Å². The Morgan fingerprint density at radius 1 is 1.41 bits per heavy atom. The molecule has 3 rings (SSSR count). The lowest BCUT2D eigenvalue weighted by atomic mass is 9.96. The van der Waals surface area contributed by atoms with Crippen LogP contribution in [0, 0.1) is 11.3 Å². The number of hydrogen-bond acceptors (Lipinski definition) is 2. The smallest absolute Gasteiger partial charge is 0.253 e. The van der Waals surface area contributed by atoms with Gasteiger partial charge in [-0.15, -0.1) is 0 Å². The summed E-state index contributed by atoms with van der Waals surface area (Å²) in [7, 11) is 0. The number of amidine groups is 1. The van der Waals surface area contributed by atoms with Crippen molar-refractivity contribution in [2.45, 2.75) is 6.42 Å². The fraction of sp³-hybridized carbons (Fsp3) is 0.176. The van der Waals surface area contributed by atoms with Crippen LogP contribution < -0.4 is 11.1 Å². The first-order valence-electron chi connectivity index (χ1n) is 7.20. The molecule has 2 aromatic rings. The van der Waals surface area contributed by atoms with E-state index in [0.29, 0.717) is 18.5 Å². The molecule has 1 aliphatic rings. The summed E-state index contributed by atoms with van der Waals surface area (Å²) < 4.78 is 0. The van der Waals surface area contributed by atoms with Crippen LogP contribution in [0.15, 0.2) is 54.3 Å². The van der Waals surface area contributed by atoms with Crippen LogP contribution in [0.2, 0.25) is 0 Å². The highest BCUT2D eigenvalue weighted by atomic mass is 16.1. The normalized spacial score (nSPS) is 17.3. The lowest BCUT2D eigenvalue weighted by Crippen LogP contribution is -2.26. The first-order valence-corrected chi connectivity index (χ1v) is 7.20. The summed E-state index contributed by atoms with van der Waals surface area (Å²) in [5.74, 6) is 0.0582. The lowest BCUT2D eigenvalue weighted by Gasteiger charge is -2.15. The first kappa shape index (κ1) is 14.1. The summed E-state index contributed by atoms with van der Waals surface area (Å²) >= 11 is 0. The van der Waals surface area contributed by atoms with E-state index in [2.05, 4.69) is 10.3 Å². The third-order valence-electron chi connectivity index (χ3n) is 3.86. The number of para-hydroxylation sites is 1. The van der Waals surface area contributed by atoms with E-state index in [4.69, 9.17) is 11.1 Å². The second-order valence-electron chi connectivity index (χ2n) is 5.37. The van der Waals surface area contributed by atoms with Crippen molar-refractivity contribution in [2.75, 3.05) is 6.54 Å². The van der Waals surface area contributed by atoms with Gasteiger partial charge >= 0.3 is 0 Å². The Morgan fingerprint density at radius 2 is 2.23 bits per heavy atom. The van der Waals surface area contributed by atoms with E-state index in [9.17, 15) is 4.79 Å². The van der Waals surface area contributed by atoms with Crippen LogP contribution in [-0.4, -0.2) is 23.3 Å². The summed E-state index contributed by atoms with van der Waals surface area (Å²) in [5, 5.41) is 11.3. The fourth-order valence-electron chi connectivity index (χ4n) is 2.56. The quantitative estimate of drug-likeness (QED) is 0.514. The van der Waals surface area contributed by atoms with Crippen LogP contribution in [0.4, 0.5) is 0 Å². The Labute approximate surface area is 128 Å². The van der Waals surface area contributed by atoms with E-state index in [1.807, 2.05) is 42.5 Å². The molecule has 1 aromatic heterocycles. The molecule has 0 bridgehead atoms. The van der Waals surface area contributed by atoms with Crippen LogP contribution >= 0.6 is 0 Å². The number of aromatic amines is 1. The molecule has 0 saturated carbocycles. The average molecular weight is 294 g/mol. The van der Waals surface area contributed by atoms with Gasteiger partial charge in [-0.2, -0.15) is 0 Å². The molecule has 1 unspecified atom stereocenters. The highest BCUT2D eigenvalue weighted by molar-refractivity contribution is 6.06. The molecule has 5 N–H and O–H groups in total. The lowest BCUT2D eigenvalue weighted by molar-refractivity contribution is 0.0959. The van der Waals surface area contributed by atoms with Crippen molar-refractivity contribution in [1.29, 1.82) is 5.41 Å². The number of rotatable bonds is 4. The standard InChI is InChI=1S/C17H18N4O/c18-16(19)12-7-5-11(6-8-12)9-21-17(22)14-10-20-15-4-2-1-3-13(14)15/h1-7,10,12,20H,8-9H2,(H3,18,19)(H,21,22). The summed E-state index contributed by atoms with van der Waals surface area (Å²) in [5.41, 5.74) is 8.12. The van der Waals surface area contributed by atoms with Crippen molar-refractivity contribution >= 4 is 22.6 Å². The minimum atomic E-state index is -0.0968. The van der Waals surface area contributed by atoms with Gasteiger partial charge in [0.05, 0.1) is 11.4 Å². The minimum absolute atomic E-state index is 0.0203. The van der Waals surface area contributed by atoms with E-state index in [-0.39, 0.29) is 17.7 Å². The Bertz CT molecular complexity index is 785. The number of nitrogens with one attached hydrogen (secondary N) is 3. The molecule has 5 nitrogen and oxygen atoms in total. The number of carbonyl (C=O) groups is 1. The maximum atomic E-state index is 12.3. The Morgan fingerprint density at radius 3 is 2.95 bits per heavy atom. The topological polar surface area (TPSA) is 94.8 Å². The summed E-state index contributed by atoms with van der Waals surface area (Å²) in [4.78, 5) is 15.4. The number of allylic oxidation sites excluding steroid dienone is 1. The number of carbonyl (C=O) groups excluding carboxylic acids is 1. The fourth-order valence-corrected chi connectivity index (χ4v) is 2.56. The van der Waals surface area contributed by atoms with Crippen molar-refractivity contribution in [3.63, 3.8) is 0 Å². The number of nitrogens with two attached hydrogens (primary N) is 1. The van der Waals surface area contributed by atoms with Crippen molar-refractivity contribution in [3.8, 4) is 0 Å². The predicted octanol–water partition coefficient (Wildman–Crippen LogP) is 2.34. The second kappa shape index (κ2) is 5.89. The van der Waals surface area contributed by atoms with Crippen molar-refractivity contribution in [2.24, 2.45) is 11.7 Å². The van der Waals surface area contributed by atoms with Crippen LogP contribution in [0.25, 0.3) is 10.9 Å². The molecule has 1 aliphatic carbocycles. The van der Waals surface area contributed by atoms with Gasteiger partial charge < -0.3 is 16.0 Å². The highest BCUT2D eigenvalue weighted by Gasteiger charge is 2.14. The molecule has 0 aliphatic heterocycles. The van der Waals surface area contributed by atoms with E-state index in [1.54, 1.807) is 6.20 Å². The average Bonchev–Trinajstić information content (AvgIpc) is 2.97. The first-order chi connectivity index (χ1) is 10.6. The number of hydrogen-bond donors (Lipinski definition) is 4. The third-order valence-corrected chi connectivity index (χ3v) is 3.86. The molecule has 5 heteroatoms. The molecule has 1 heterocycles. The van der Waals surface area contributed by atoms with E-state index >= 15 is 0 Å². The molecule has 1 amide bonds. The van der Waals surface area contributed by atoms with Gasteiger partial charge in [0.2, 0.25) is 0 Å². The molecule has 0 saturated heterocycles. The van der Waals surface area contributed by atoms with Gasteiger partial charge in [-0.05, 0) is 18.1 Å². The van der Waals surface area contributed by atoms with Crippen LogP contribution in [0.1, 0.15) is 16.8 Å². The van der Waals surface area contributed by atoms with Crippen molar-refractivity contribution in [3.05, 3.63) is 59.8 Å². The van der Waals surface area contributed by atoms with Gasteiger partial charge in [0.1, 0.15) is 0 Å². The third kappa shape index (κ3) is 2.79. The molecule has 0 radical (unpaired) electrons. The zero-order valence-electron chi connectivity index (χ0n) is 12.1. The van der Waals surface area contributed by atoms with Crippen molar-refractivity contribution in [1.82, 2.24) is 10.3 Å². The highest BCUT2D eigenvalue weighted by Crippen LogP contribution is 2.18. The molecule has 112 valence electrons. The maximum absolute atomic E-state index is 12.3. The number of H-pyrrole nitrogens is 1. The van der Waals surface area contributed by atoms with Crippen LogP contribution in [0.5, 0.6) is 0 Å².